The van der Waals surface area contributed by atoms with Crippen LogP contribution < -0.4 is 0 Å². The fourth-order valence-corrected chi connectivity index (χ4v) is 16.0. The van der Waals surface area contributed by atoms with Crippen molar-refractivity contribution >= 4 is 11.9 Å². The molecule has 10 atom stereocenters. The predicted octanol–water partition coefficient (Wildman–Crippen LogP) is 18.2. The van der Waals surface area contributed by atoms with Crippen LogP contribution in [-0.4, -0.2) is 35.4 Å². The molecule has 67 heavy (non-hydrogen) atoms. The number of carbonyl (C=O) groups excluding carboxylic acids is 2. The van der Waals surface area contributed by atoms with E-state index >= 15 is 0 Å². The second-order valence-corrected chi connectivity index (χ2v) is 26.3. The summed E-state index contributed by atoms with van der Waals surface area (Å²) in [7, 11) is 0. The second-order valence-electron chi connectivity index (χ2n) is 26.3. The Morgan fingerprint density at radius 1 is 0.522 bits per heavy atom. The van der Waals surface area contributed by atoms with Crippen LogP contribution in [0.5, 0.6) is 0 Å². The number of aliphatic hydroxyl groups excluding tert-OH is 1. The SMILES string of the molecule is CCCCCCCCCCCCCCCC(=O)OC1CC2(C)C(O)CC3(C)C(=CCC4C5(C)CCC(OC(=O)CCCCCCCCCCCCCCC)C(C)(C)C5CCC43C)C2CC1(C)C. The lowest BCUT2D eigenvalue weighted by molar-refractivity contribution is -0.225. The van der Waals surface area contributed by atoms with Crippen LogP contribution in [0.25, 0.3) is 0 Å². The summed E-state index contributed by atoms with van der Waals surface area (Å²) in [5, 5.41) is 12.5. The summed E-state index contributed by atoms with van der Waals surface area (Å²) in [6.07, 6.45) is 44.9. The molecular formula is C62H110O5. The fraction of sp³-hybridized carbons (Fsp3) is 0.935. The van der Waals surface area contributed by atoms with E-state index in [1.807, 2.05) is 0 Å². The van der Waals surface area contributed by atoms with Crippen molar-refractivity contribution in [3.05, 3.63) is 11.6 Å². The Bertz CT molecular complexity index is 1530. The molecule has 4 fully saturated rings. The molecule has 0 aliphatic heterocycles. The van der Waals surface area contributed by atoms with E-state index in [0.717, 1.165) is 77.0 Å². The zero-order valence-corrected chi connectivity index (χ0v) is 46.1. The van der Waals surface area contributed by atoms with Crippen molar-refractivity contribution in [2.24, 2.45) is 50.2 Å². The van der Waals surface area contributed by atoms with Crippen LogP contribution in [0.1, 0.15) is 300 Å². The first kappa shape index (κ1) is 56.6. The molecular weight excluding hydrogens is 825 g/mol. The molecule has 0 heterocycles. The lowest BCUT2D eigenvalue weighted by atomic mass is 9.33. The molecule has 4 saturated carbocycles. The van der Waals surface area contributed by atoms with Gasteiger partial charge >= 0.3 is 11.9 Å². The Kier molecular flexibility index (Phi) is 21.8. The summed E-state index contributed by atoms with van der Waals surface area (Å²) in [4.78, 5) is 26.8. The third kappa shape index (κ3) is 13.8. The van der Waals surface area contributed by atoms with Crippen molar-refractivity contribution in [2.75, 3.05) is 0 Å². The Morgan fingerprint density at radius 2 is 0.955 bits per heavy atom. The van der Waals surface area contributed by atoms with Crippen LogP contribution in [-0.2, 0) is 19.1 Å². The van der Waals surface area contributed by atoms with E-state index in [2.05, 4.69) is 75.3 Å². The van der Waals surface area contributed by atoms with E-state index in [4.69, 9.17) is 9.47 Å². The minimum atomic E-state index is -0.444. The van der Waals surface area contributed by atoms with Gasteiger partial charge in [-0.1, -0.05) is 235 Å². The van der Waals surface area contributed by atoms with Crippen LogP contribution in [0.3, 0.4) is 0 Å². The van der Waals surface area contributed by atoms with Crippen molar-refractivity contribution in [1.29, 1.82) is 0 Å². The number of allylic oxidation sites excluding steroid dienone is 2. The van der Waals surface area contributed by atoms with Gasteiger partial charge in [0.2, 0.25) is 0 Å². The highest BCUT2D eigenvalue weighted by Gasteiger charge is 2.70. The molecule has 10 unspecified atom stereocenters. The largest absolute Gasteiger partial charge is 0.462 e. The monoisotopic (exact) mass is 935 g/mol. The zero-order chi connectivity index (χ0) is 48.8. The minimum absolute atomic E-state index is 0.0182. The number of unbranched alkanes of at least 4 members (excludes halogenated alkanes) is 24. The van der Waals surface area contributed by atoms with Crippen LogP contribution in [0.2, 0.25) is 0 Å². The number of esters is 2. The molecule has 0 radical (unpaired) electrons. The summed E-state index contributed by atoms with van der Waals surface area (Å²) in [5.41, 5.74) is 1.15. The number of aliphatic hydroxyl groups is 1. The third-order valence-electron chi connectivity index (χ3n) is 20.7. The van der Waals surface area contributed by atoms with Crippen LogP contribution in [0, 0.1) is 50.2 Å². The summed E-state index contributed by atoms with van der Waals surface area (Å²) >= 11 is 0. The molecule has 0 spiro atoms. The normalized spacial score (nSPS) is 34.0. The molecule has 0 aromatic rings. The Balaban J connectivity index is 1.09. The molecule has 0 bridgehead atoms. The van der Waals surface area contributed by atoms with Gasteiger partial charge in [0.15, 0.2) is 0 Å². The number of fused-ring (bicyclic) bond motifs is 7. The highest BCUT2D eigenvalue weighted by atomic mass is 16.5. The molecule has 5 rings (SSSR count). The zero-order valence-electron chi connectivity index (χ0n) is 46.1. The van der Waals surface area contributed by atoms with Gasteiger partial charge in [0.25, 0.3) is 0 Å². The number of rotatable bonds is 30. The van der Waals surface area contributed by atoms with Gasteiger partial charge in [-0.3, -0.25) is 9.59 Å². The highest BCUT2D eigenvalue weighted by Crippen LogP contribution is 2.76. The average molecular weight is 936 g/mol. The van der Waals surface area contributed by atoms with Gasteiger partial charge in [-0.2, -0.15) is 0 Å². The third-order valence-corrected chi connectivity index (χ3v) is 20.7. The van der Waals surface area contributed by atoms with E-state index in [-0.39, 0.29) is 62.6 Å². The quantitative estimate of drug-likeness (QED) is 0.0441. The first-order chi connectivity index (χ1) is 31.9. The van der Waals surface area contributed by atoms with Gasteiger partial charge in [-0.05, 0) is 98.2 Å². The summed E-state index contributed by atoms with van der Waals surface area (Å²) < 4.78 is 12.9. The van der Waals surface area contributed by atoms with Crippen LogP contribution in [0.15, 0.2) is 11.6 Å². The van der Waals surface area contributed by atoms with Gasteiger partial charge < -0.3 is 14.6 Å². The minimum Gasteiger partial charge on any atom is -0.462 e. The van der Waals surface area contributed by atoms with Crippen molar-refractivity contribution in [3.8, 4) is 0 Å². The predicted molar refractivity (Wildman–Crippen MR) is 282 cm³/mol. The highest BCUT2D eigenvalue weighted by molar-refractivity contribution is 5.70. The van der Waals surface area contributed by atoms with E-state index in [0.29, 0.717) is 24.7 Å². The molecule has 0 aromatic heterocycles. The number of carbonyl (C=O) groups is 2. The molecule has 1 N–H and O–H groups in total. The van der Waals surface area contributed by atoms with Crippen molar-refractivity contribution in [1.82, 2.24) is 0 Å². The van der Waals surface area contributed by atoms with Crippen molar-refractivity contribution < 1.29 is 24.2 Å². The fourth-order valence-electron chi connectivity index (χ4n) is 16.0. The molecule has 5 heteroatoms. The van der Waals surface area contributed by atoms with Crippen LogP contribution in [0.4, 0.5) is 0 Å². The molecule has 0 amide bonds. The maximum absolute atomic E-state index is 13.4. The number of hydrogen-bond acceptors (Lipinski definition) is 5. The second kappa shape index (κ2) is 25.8. The van der Waals surface area contributed by atoms with Gasteiger partial charge in [-0.15, -0.1) is 0 Å². The molecule has 5 nitrogen and oxygen atoms in total. The number of hydrogen-bond donors (Lipinski definition) is 1. The van der Waals surface area contributed by atoms with Crippen LogP contribution >= 0.6 is 0 Å². The van der Waals surface area contributed by atoms with E-state index < -0.39 is 6.10 Å². The van der Waals surface area contributed by atoms with Gasteiger partial charge in [0.1, 0.15) is 12.2 Å². The first-order valence-electron chi connectivity index (χ1n) is 29.7. The van der Waals surface area contributed by atoms with E-state index in [9.17, 15) is 14.7 Å². The summed E-state index contributed by atoms with van der Waals surface area (Å²) in [5.74, 6) is 1.25. The summed E-state index contributed by atoms with van der Waals surface area (Å²) in [6.45, 7) is 24.1. The lowest BCUT2D eigenvalue weighted by Crippen LogP contribution is -2.67. The van der Waals surface area contributed by atoms with E-state index in [1.165, 1.54) is 141 Å². The maximum atomic E-state index is 13.4. The summed E-state index contributed by atoms with van der Waals surface area (Å²) in [6, 6.07) is 0. The van der Waals surface area contributed by atoms with Crippen molar-refractivity contribution in [2.45, 2.75) is 319 Å². The smallest absolute Gasteiger partial charge is 0.306 e. The Hall–Kier alpha value is -1.36. The van der Waals surface area contributed by atoms with Gasteiger partial charge in [0.05, 0.1) is 6.10 Å². The van der Waals surface area contributed by atoms with Gasteiger partial charge in [-0.25, -0.2) is 0 Å². The first-order valence-corrected chi connectivity index (χ1v) is 29.7. The van der Waals surface area contributed by atoms with Crippen molar-refractivity contribution in [3.63, 3.8) is 0 Å². The standard InChI is InChI=1S/C62H110O5/c1-11-13-15-17-19-21-23-25-27-29-31-33-35-37-55(64)66-53-42-43-59(7)50(58(53,5)6)41-44-61(9)51(59)40-39-48-49-45-57(3,4)54(47-60(49,8)52(63)46-62(48,61)10)67-56(65)38-36-34-32-30-28-26-24-22-20-18-16-14-12-2/h39,49-54,63H,11-38,40-47H2,1-10H3. The number of ether oxygens (including phenoxy) is 2. The maximum Gasteiger partial charge on any atom is 0.306 e. The topological polar surface area (TPSA) is 72.8 Å². The molecule has 388 valence electrons. The molecule has 0 aromatic carbocycles. The molecule has 0 saturated heterocycles. The molecule has 5 aliphatic carbocycles. The van der Waals surface area contributed by atoms with E-state index in [1.54, 1.807) is 5.57 Å². The lowest BCUT2D eigenvalue weighted by Gasteiger charge is -2.72. The Labute approximate surface area is 415 Å². The Morgan fingerprint density at radius 3 is 1.42 bits per heavy atom. The van der Waals surface area contributed by atoms with Gasteiger partial charge in [0, 0.05) is 29.1 Å². The average Bonchev–Trinajstić information content (AvgIpc) is 3.26. The molecule has 5 aliphatic rings.